The van der Waals surface area contributed by atoms with Gasteiger partial charge in [-0.05, 0) is 303 Å². The smallest absolute Gasteiger partial charge is 0.0541 e. The second-order valence-electron chi connectivity index (χ2n) is 36.3. The first kappa shape index (κ1) is 85.0. The molecule has 0 aliphatic heterocycles. The van der Waals surface area contributed by atoms with Gasteiger partial charge in [0, 0.05) is 38.3 Å². The summed E-state index contributed by atoms with van der Waals surface area (Å²) in [5.74, 6) is 0. The van der Waals surface area contributed by atoms with Crippen LogP contribution in [0.5, 0.6) is 0 Å². The fourth-order valence-corrected chi connectivity index (χ4v) is 20.0. The number of hydrogen-bond donors (Lipinski definition) is 0. The number of nitrogens with zero attached hydrogens (tertiary/aromatic N) is 2. The summed E-state index contributed by atoms with van der Waals surface area (Å²) in [5, 5.41) is 5.15. The average Bonchev–Trinajstić information content (AvgIpc) is 1.58. The van der Waals surface area contributed by atoms with Crippen molar-refractivity contribution in [2.24, 2.45) is 0 Å². The lowest BCUT2D eigenvalue weighted by molar-refractivity contribution is 0.660. The van der Waals surface area contributed by atoms with E-state index in [1.807, 2.05) is 0 Å². The van der Waals surface area contributed by atoms with Crippen molar-refractivity contribution < 1.29 is 0 Å². The van der Waals surface area contributed by atoms with Gasteiger partial charge in [-0.25, -0.2) is 0 Å². The molecule has 2 heterocycles. The second kappa shape index (κ2) is 37.6. The van der Waals surface area contributed by atoms with Crippen LogP contribution in [0.25, 0.3) is 200 Å². The molecule has 21 aromatic carbocycles. The molecule has 23 aromatic rings. The third-order valence-electron chi connectivity index (χ3n) is 26.6. The van der Waals surface area contributed by atoms with Gasteiger partial charge in [0.2, 0.25) is 0 Å². The van der Waals surface area contributed by atoms with E-state index in [1.54, 1.807) is 0 Å². The first-order valence-electron chi connectivity index (χ1n) is 46.9. The van der Waals surface area contributed by atoms with Crippen molar-refractivity contribution in [2.75, 3.05) is 0 Å². The molecule has 24 rings (SSSR count). The summed E-state index contributed by atoms with van der Waals surface area (Å²) in [6.07, 6.45) is 0. The standard InChI is InChI=1S/C37H27N.C37H28.C31H23N.C28H24/c1-26-23-31(27-9-3-2-4-10-27)25-32(24-26)30-17-15-28(16-18-30)29-19-21-33(22-20-29)38-36-13-7-5-11-34(36)35-12-6-8-14-37(35)38;1-27-21-33(28-11-5-2-6-12-28)23-34(22-27)31-17-19-32(20-18-31)37-25-35(29-13-7-3-8-14-29)24-36(26-37)30-15-9-4-10-16-30;1-22-19-25(23-9-3-2-4-10-23)21-26(20-22)24-15-17-27(18-16-24)32-30-13-7-5-11-28(30)29-12-6-8-14-31(29)32;1-19-15-22(20-9-5-4-6-10-20)17-23(16-19)21-13-14-25-24-11-7-8-12-26(24)28(2,3)27(25)18-21/h2-25H,1H3;2-26H,1H3;2-21H,1H3;4-18H,1-3H3. The number of aromatic nitrogens is 2. The maximum atomic E-state index is 2.40. The number of benzene rings is 21. The summed E-state index contributed by atoms with van der Waals surface area (Å²) in [5.41, 5.74) is 47.9. The summed E-state index contributed by atoms with van der Waals surface area (Å²) in [4.78, 5) is 0. The molecule has 2 aromatic heterocycles. The molecule has 0 saturated heterocycles. The minimum absolute atomic E-state index is 0.0357. The van der Waals surface area contributed by atoms with Crippen LogP contribution in [0.2, 0.25) is 0 Å². The Balaban J connectivity index is 0.000000109. The lowest BCUT2D eigenvalue weighted by Crippen LogP contribution is -2.14. The average molecular weight is 1730 g/mol. The number of fused-ring (bicyclic) bond motifs is 9. The third-order valence-corrected chi connectivity index (χ3v) is 26.6. The molecule has 0 unspecified atom stereocenters. The molecule has 0 spiro atoms. The number of para-hydroxylation sites is 4. The van der Waals surface area contributed by atoms with E-state index in [2.05, 4.69) is 560 Å². The molecule has 2 nitrogen and oxygen atoms in total. The molecular formula is C133H102N2. The van der Waals surface area contributed by atoms with Gasteiger partial charge in [-0.2, -0.15) is 0 Å². The monoisotopic (exact) mass is 1730 g/mol. The van der Waals surface area contributed by atoms with E-state index in [4.69, 9.17) is 0 Å². The normalized spacial score (nSPS) is 11.7. The Kier molecular flexibility index (Phi) is 23.7. The molecule has 0 bridgehead atoms. The zero-order valence-electron chi connectivity index (χ0n) is 76.9. The molecule has 0 radical (unpaired) electrons. The Labute approximate surface area is 793 Å². The molecule has 0 amide bonds. The van der Waals surface area contributed by atoms with Gasteiger partial charge in [0.1, 0.15) is 0 Å². The van der Waals surface area contributed by atoms with Crippen molar-refractivity contribution in [1.82, 2.24) is 9.13 Å². The van der Waals surface area contributed by atoms with E-state index >= 15 is 0 Å². The van der Waals surface area contributed by atoms with Crippen LogP contribution in [-0.4, -0.2) is 9.13 Å². The van der Waals surface area contributed by atoms with Gasteiger partial charge in [-0.3, -0.25) is 0 Å². The maximum absolute atomic E-state index is 2.40. The maximum Gasteiger partial charge on any atom is 0.0541 e. The van der Waals surface area contributed by atoms with Crippen LogP contribution in [0.4, 0.5) is 0 Å². The van der Waals surface area contributed by atoms with Crippen molar-refractivity contribution >= 4 is 43.6 Å². The molecule has 0 fully saturated rings. The summed E-state index contributed by atoms with van der Waals surface area (Å²) < 4.78 is 4.72. The van der Waals surface area contributed by atoms with E-state index in [0.29, 0.717) is 0 Å². The highest BCUT2D eigenvalue weighted by molar-refractivity contribution is 6.10. The molecule has 0 N–H and O–H groups in total. The van der Waals surface area contributed by atoms with Gasteiger partial charge in [-0.1, -0.05) is 426 Å². The highest BCUT2D eigenvalue weighted by atomic mass is 15.0. The van der Waals surface area contributed by atoms with Crippen LogP contribution in [0, 0.1) is 27.7 Å². The van der Waals surface area contributed by atoms with Crippen molar-refractivity contribution in [3.05, 3.63) is 543 Å². The molecule has 1 aliphatic rings. The van der Waals surface area contributed by atoms with Crippen molar-refractivity contribution in [1.29, 1.82) is 0 Å². The molecule has 0 saturated carbocycles. The fourth-order valence-electron chi connectivity index (χ4n) is 20.0. The molecular weight excluding hydrogens is 1630 g/mol. The quantitative estimate of drug-likeness (QED) is 0.103. The minimum atomic E-state index is 0.0357. The molecule has 644 valence electrons. The first-order chi connectivity index (χ1) is 66.3. The highest BCUT2D eigenvalue weighted by Gasteiger charge is 2.35. The second-order valence-corrected chi connectivity index (χ2v) is 36.3. The van der Waals surface area contributed by atoms with Gasteiger partial charge < -0.3 is 9.13 Å². The van der Waals surface area contributed by atoms with Crippen LogP contribution in [0.1, 0.15) is 47.2 Å². The fraction of sp³-hybridized carbons (Fsp3) is 0.0526. The Bertz CT molecular complexity index is 8030. The molecule has 1 aliphatic carbocycles. The summed E-state index contributed by atoms with van der Waals surface area (Å²) >= 11 is 0. The summed E-state index contributed by atoms with van der Waals surface area (Å²) in [6, 6.07) is 184. The van der Waals surface area contributed by atoms with Crippen molar-refractivity contribution in [2.45, 2.75) is 47.0 Å². The van der Waals surface area contributed by atoms with Crippen LogP contribution in [0.3, 0.4) is 0 Å². The van der Waals surface area contributed by atoms with Gasteiger partial charge in [0.05, 0.1) is 22.1 Å². The topological polar surface area (TPSA) is 9.86 Å². The summed E-state index contributed by atoms with van der Waals surface area (Å²) in [7, 11) is 0. The molecule has 135 heavy (non-hydrogen) atoms. The first-order valence-corrected chi connectivity index (χ1v) is 46.9. The van der Waals surface area contributed by atoms with Crippen LogP contribution in [-0.2, 0) is 5.41 Å². The molecule has 0 atom stereocenters. The van der Waals surface area contributed by atoms with Gasteiger partial charge >= 0.3 is 0 Å². The van der Waals surface area contributed by atoms with Gasteiger partial charge in [-0.15, -0.1) is 0 Å². The lowest BCUT2D eigenvalue weighted by atomic mass is 9.81. The van der Waals surface area contributed by atoms with Crippen LogP contribution >= 0.6 is 0 Å². The van der Waals surface area contributed by atoms with E-state index in [0.717, 1.165) is 0 Å². The van der Waals surface area contributed by atoms with E-state index in [-0.39, 0.29) is 5.41 Å². The zero-order chi connectivity index (χ0) is 91.3. The SMILES string of the molecule is Cc1cc(-c2ccccc2)cc(-c2ccc(-c3cc(-c4ccccc4)cc(-c4ccccc4)c3)cc2)c1.Cc1cc(-c2ccccc2)cc(-c2ccc(-c3ccc(-n4c5ccccc5c5ccccc54)cc3)cc2)c1.Cc1cc(-c2ccccc2)cc(-c2ccc(-n3c4ccccc4c4ccccc43)cc2)c1.Cc1cc(-c2ccccc2)cc(-c2ccc3c(c2)C(C)(C)c2ccccc2-3)c1. The summed E-state index contributed by atoms with van der Waals surface area (Å²) in [6.45, 7) is 13.4. The largest absolute Gasteiger partial charge is 0.309 e. The van der Waals surface area contributed by atoms with Gasteiger partial charge in [0.15, 0.2) is 0 Å². The van der Waals surface area contributed by atoms with E-state index in [9.17, 15) is 0 Å². The number of hydrogen-bond acceptors (Lipinski definition) is 0. The number of rotatable bonds is 14. The number of aryl methyl sites for hydroxylation is 4. The molecule has 2 heteroatoms. The predicted molar refractivity (Wildman–Crippen MR) is 576 cm³/mol. The van der Waals surface area contributed by atoms with Gasteiger partial charge in [0.25, 0.3) is 0 Å². The highest BCUT2D eigenvalue weighted by Crippen LogP contribution is 2.50. The predicted octanol–water partition coefficient (Wildman–Crippen LogP) is 36.5. The minimum Gasteiger partial charge on any atom is -0.309 e. The zero-order valence-corrected chi connectivity index (χ0v) is 76.9. The Morgan fingerprint density at radius 3 is 0.593 bits per heavy atom. The Morgan fingerprint density at radius 2 is 0.326 bits per heavy atom. The Morgan fingerprint density at radius 1 is 0.141 bits per heavy atom. The lowest BCUT2D eigenvalue weighted by Gasteiger charge is -2.22. The van der Waals surface area contributed by atoms with Crippen LogP contribution in [0.15, 0.2) is 510 Å². The van der Waals surface area contributed by atoms with Crippen LogP contribution < -0.4 is 0 Å². The third kappa shape index (κ3) is 17.9. The van der Waals surface area contributed by atoms with E-state index < -0.39 is 0 Å². The Hall–Kier alpha value is -16.8. The van der Waals surface area contributed by atoms with Crippen molar-refractivity contribution in [3.63, 3.8) is 0 Å². The van der Waals surface area contributed by atoms with Crippen molar-refractivity contribution in [3.8, 4) is 156 Å². The van der Waals surface area contributed by atoms with E-state index in [1.165, 1.54) is 233 Å².